The van der Waals surface area contributed by atoms with Gasteiger partial charge in [-0.1, -0.05) is 0 Å². The molecule has 1 atom stereocenters. The number of carbonyl (C=O) groups excluding carboxylic acids is 1. The molecule has 1 aliphatic rings. The SMILES string of the molecule is O=C(CS)N1CCCCC1CCO. The summed E-state index contributed by atoms with van der Waals surface area (Å²) in [4.78, 5) is 13.3. The number of rotatable bonds is 3. The van der Waals surface area contributed by atoms with E-state index >= 15 is 0 Å². The summed E-state index contributed by atoms with van der Waals surface area (Å²) >= 11 is 3.98. The lowest BCUT2D eigenvalue weighted by Gasteiger charge is -2.35. The van der Waals surface area contributed by atoms with Gasteiger partial charge in [-0.15, -0.1) is 0 Å². The molecule has 0 aromatic carbocycles. The average molecular weight is 203 g/mol. The van der Waals surface area contributed by atoms with Crippen molar-refractivity contribution in [3.05, 3.63) is 0 Å². The standard InChI is InChI=1S/C9H17NO2S/c11-6-4-8-3-1-2-5-10(8)9(12)7-13/h8,11,13H,1-7H2. The van der Waals surface area contributed by atoms with Crippen LogP contribution in [-0.4, -0.2) is 40.9 Å². The van der Waals surface area contributed by atoms with E-state index in [1.165, 1.54) is 6.42 Å². The van der Waals surface area contributed by atoms with Gasteiger partial charge in [-0.25, -0.2) is 0 Å². The van der Waals surface area contributed by atoms with Gasteiger partial charge in [0, 0.05) is 19.2 Å². The number of piperidine rings is 1. The predicted molar refractivity (Wildman–Crippen MR) is 54.9 cm³/mol. The summed E-state index contributed by atoms with van der Waals surface area (Å²) in [6.07, 6.45) is 3.99. The zero-order valence-electron chi connectivity index (χ0n) is 7.78. The van der Waals surface area contributed by atoms with Gasteiger partial charge in [-0.3, -0.25) is 4.79 Å². The number of nitrogens with zero attached hydrogens (tertiary/aromatic N) is 1. The molecule has 76 valence electrons. The number of carbonyl (C=O) groups is 1. The summed E-state index contributed by atoms with van der Waals surface area (Å²) in [5.74, 6) is 0.378. The Morgan fingerprint density at radius 1 is 1.54 bits per heavy atom. The van der Waals surface area contributed by atoms with E-state index in [0.717, 1.165) is 19.4 Å². The van der Waals surface area contributed by atoms with E-state index in [1.54, 1.807) is 0 Å². The number of aliphatic hydroxyl groups excluding tert-OH is 1. The second-order valence-electron chi connectivity index (χ2n) is 3.41. The first-order chi connectivity index (χ1) is 6.29. The van der Waals surface area contributed by atoms with Crippen molar-refractivity contribution in [2.45, 2.75) is 31.7 Å². The Morgan fingerprint density at radius 3 is 2.92 bits per heavy atom. The monoisotopic (exact) mass is 203 g/mol. The van der Waals surface area contributed by atoms with Crippen LogP contribution in [0.1, 0.15) is 25.7 Å². The number of hydrogen-bond donors (Lipinski definition) is 2. The van der Waals surface area contributed by atoms with Crippen LogP contribution in [0.5, 0.6) is 0 Å². The van der Waals surface area contributed by atoms with Gasteiger partial charge in [0.15, 0.2) is 0 Å². The lowest BCUT2D eigenvalue weighted by atomic mass is 10.00. The molecular formula is C9H17NO2S. The summed E-state index contributed by atoms with van der Waals surface area (Å²) in [6, 6.07) is 0.249. The highest BCUT2D eigenvalue weighted by atomic mass is 32.1. The maximum atomic E-state index is 11.4. The molecule has 1 aliphatic heterocycles. The summed E-state index contributed by atoms with van der Waals surface area (Å²) in [5, 5.41) is 8.83. The van der Waals surface area contributed by atoms with Gasteiger partial charge in [-0.2, -0.15) is 12.6 Å². The van der Waals surface area contributed by atoms with E-state index < -0.39 is 0 Å². The molecule has 1 N–H and O–H groups in total. The van der Waals surface area contributed by atoms with Gasteiger partial charge in [0.1, 0.15) is 0 Å². The van der Waals surface area contributed by atoms with Crippen LogP contribution in [0.2, 0.25) is 0 Å². The zero-order valence-corrected chi connectivity index (χ0v) is 8.67. The molecule has 1 heterocycles. The molecule has 0 aliphatic carbocycles. The summed E-state index contributed by atoms with van der Waals surface area (Å²) < 4.78 is 0. The van der Waals surface area contributed by atoms with Crippen LogP contribution in [0.3, 0.4) is 0 Å². The van der Waals surface area contributed by atoms with Crippen LogP contribution < -0.4 is 0 Å². The minimum absolute atomic E-state index is 0.0986. The average Bonchev–Trinajstić information content (AvgIpc) is 2.18. The van der Waals surface area contributed by atoms with E-state index in [2.05, 4.69) is 12.6 Å². The fourth-order valence-electron chi connectivity index (χ4n) is 1.87. The van der Waals surface area contributed by atoms with Gasteiger partial charge in [0.2, 0.25) is 5.91 Å². The molecule has 0 saturated carbocycles. The first kappa shape index (κ1) is 10.9. The molecule has 0 bridgehead atoms. The van der Waals surface area contributed by atoms with Gasteiger partial charge < -0.3 is 10.0 Å². The minimum atomic E-state index is 0.0986. The number of amides is 1. The van der Waals surface area contributed by atoms with Gasteiger partial charge in [0.25, 0.3) is 0 Å². The van der Waals surface area contributed by atoms with E-state index in [4.69, 9.17) is 5.11 Å². The Kier molecular flexibility index (Phi) is 4.59. The van der Waals surface area contributed by atoms with Gasteiger partial charge >= 0.3 is 0 Å². The summed E-state index contributed by atoms with van der Waals surface area (Å²) in [7, 11) is 0. The topological polar surface area (TPSA) is 40.5 Å². The largest absolute Gasteiger partial charge is 0.396 e. The van der Waals surface area contributed by atoms with Crippen molar-refractivity contribution in [3.63, 3.8) is 0 Å². The molecule has 1 amide bonds. The Hall–Kier alpha value is -0.220. The smallest absolute Gasteiger partial charge is 0.232 e. The van der Waals surface area contributed by atoms with E-state index in [9.17, 15) is 4.79 Å². The third-order valence-electron chi connectivity index (χ3n) is 2.55. The number of thiol groups is 1. The summed E-state index contributed by atoms with van der Waals surface area (Å²) in [6.45, 7) is 1.01. The van der Waals surface area contributed by atoms with Crippen LogP contribution in [0, 0.1) is 0 Å². The highest BCUT2D eigenvalue weighted by molar-refractivity contribution is 7.81. The van der Waals surface area contributed by atoms with Gasteiger partial charge in [-0.05, 0) is 25.7 Å². The normalized spacial score (nSPS) is 23.2. The quantitative estimate of drug-likeness (QED) is 0.662. The molecule has 0 spiro atoms. The van der Waals surface area contributed by atoms with Crippen molar-refractivity contribution in [1.82, 2.24) is 4.90 Å². The highest BCUT2D eigenvalue weighted by Crippen LogP contribution is 2.19. The zero-order chi connectivity index (χ0) is 9.68. The van der Waals surface area contributed by atoms with Crippen molar-refractivity contribution in [2.75, 3.05) is 18.9 Å². The lowest BCUT2D eigenvalue weighted by molar-refractivity contribution is -0.132. The van der Waals surface area contributed by atoms with E-state index in [1.807, 2.05) is 4.90 Å². The number of aliphatic hydroxyl groups is 1. The molecule has 1 saturated heterocycles. The molecule has 0 radical (unpaired) electrons. The molecular weight excluding hydrogens is 186 g/mol. The Bertz CT molecular complexity index is 173. The minimum Gasteiger partial charge on any atom is -0.396 e. The Morgan fingerprint density at radius 2 is 2.31 bits per heavy atom. The fraction of sp³-hybridized carbons (Fsp3) is 0.889. The molecule has 0 aromatic rings. The third kappa shape index (κ3) is 2.88. The second-order valence-corrected chi connectivity index (χ2v) is 3.72. The number of likely N-dealkylation sites (tertiary alicyclic amines) is 1. The van der Waals surface area contributed by atoms with Crippen LogP contribution in [0.15, 0.2) is 0 Å². The molecule has 1 unspecified atom stereocenters. The lowest BCUT2D eigenvalue weighted by Crippen LogP contribution is -2.44. The molecule has 1 rings (SSSR count). The first-order valence-corrected chi connectivity index (χ1v) is 5.44. The molecule has 0 aromatic heterocycles. The van der Waals surface area contributed by atoms with Crippen molar-refractivity contribution in [3.8, 4) is 0 Å². The Labute approximate surface area is 84.5 Å². The highest BCUT2D eigenvalue weighted by Gasteiger charge is 2.24. The van der Waals surface area contributed by atoms with Crippen LogP contribution >= 0.6 is 12.6 Å². The predicted octanol–water partition coefficient (Wildman–Crippen LogP) is 0.680. The first-order valence-electron chi connectivity index (χ1n) is 4.80. The van der Waals surface area contributed by atoms with Crippen LogP contribution in [0.25, 0.3) is 0 Å². The second kappa shape index (κ2) is 5.50. The van der Waals surface area contributed by atoms with Gasteiger partial charge in [0.05, 0.1) is 5.75 Å². The molecule has 13 heavy (non-hydrogen) atoms. The summed E-state index contributed by atoms with van der Waals surface area (Å²) in [5.41, 5.74) is 0. The van der Waals surface area contributed by atoms with Crippen LogP contribution in [-0.2, 0) is 4.79 Å². The molecule has 4 heteroatoms. The van der Waals surface area contributed by atoms with Crippen molar-refractivity contribution in [2.24, 2.45) is 0 Å². The van der Waals surface area contributed by atoms with Crippen molar-refractivity contribution >= 4 is 18.5 Å². The molecule has 3 nitrogen and oxygen atoms in total. The molecule has 1 fully saturated rings. The Balaban J connectivity index is 2.50. The van der Waals surface area contributed by atoms with E-state index in [-0.39, 0.29) is 24.3 Å². The maximum absolute atomic E-state index is 11.4. The van der Waals surface area contributed by atoms with Crippen molar-refractivity contribution in [1.29, 1.82) is 0 Å². The maximum Gasteiger partial charge on any atom is 0.232 e. The fourth-order valence-corrected chi connectivity index (χ4v) is 2.05. The van der Waals surface area contributed by atoms with Crippen molar-refractivity contribution < 1.29 is 9.90 Å². The van der Waals surface area contributed by atoms with Crippen LogP contribution in [0.4, 0.5) is 0 Å². The third-order valence-corrected chi connectivity index (χ3v) is 2.82. The van der Waals surface area contributed by atoms with E-state index in [0.29, 0.717) is 6.42 Å². The number of hydrogen-bond acceptors (Lipinski definition) is 3.